The first kappa shape index (κ1) is 13.8. The number of ether oxygens (including phenoxy) is 1. The van der Waals surface area contributed by atoms with Crippen molar-refractivity contribution in [3.63, 3.8) is 0 Å². The molecular weight excluding hydrogens is 248 g/mol. The topological polar surface area (TPSA) is 47.3 Å². The van der Waals surface area contributed by atoms with E-state index in [1.165, 1.54) is 12.0 Å². The Morgan fingerprint density at radius 3 is 3.00 bits per heavy atom. The third-order valence-electron chi connectivity index (χ3n) is 3.63. The fourth-order valence-electron chi connectivity index (χ4n) is 2.50. The first-order valence-corrected chi connectivity index (χ1v) is 6.87. The lowest BCUT2D eigenvalue weighted by molar-refractivity contribution is 0.0393. The van der Waals surface area contributed by atoms with Gasteiger partial charge >= 0.3 is 0 Å². The second-order valence-corrected chi connectivity index (χ2v) is 5.46. The molecule has 2 rings (SSSR count). The maximum atomic E-state index is 6.27. The molecule has 100 valence electrons. The maximum Gasteiger partial charge on any atom is 0.0509 e. The van der Waals surface area contributed by atoms with E-state index in [1.807, 2.05) is 13.0 Å². The van der Waals surface area contributed by atoms with Crippen LogP contribution in [0.4, 0.5) is 0 Å². The van der Waals surface area contributed by atoms with E-state index in [1.54, 1.807) is 0 Å². The Bertz CT molecular complexity index is 391. The predicted molar refractivity (Wildman–Crippen MR) is 74.5 cm³/mol. The smallest absolute Gasteiger partial charge is 0.0509 e. The SMILES string of the molecule is Cc1ccc(CC(NN)C2CCCOC2)c(Cl)c1. The molecule has 1 aliphatic rings. The zero-order valence-corrected chi connectivity index (χ0v) is 11.5. The Labute approximate surface area is 114 Å². The highest BCUT2D eigenvalue weighted by molar-refractivity contribution is 6.31. The molecule has 2 unspecified atom stereocenters. The van der Waals surface area contributed by atoms with Gasteiger partial charge in [-0.25, -0.2) is 0 Å². The van der Waals surface area contributed by atoms with Gasteiger partial charge in [-0.3, -0.25) is 11.3 Å². The lowest BCUT2D eigenvalue weighted by Crippen LogP contribution is -2.45. The summed E-state index contributed by atoms with van der Waals surface area (Å²) in [4.78, 5) is 0. The average molecular weight is 269 g/mol. The summed E-state index contributed by atoms with van der Waals surface area (Å²) in [5, 5.41) is 0.826. The first-order chi connectivity index (χ1) is 8.70. The van der Waals surface area contributed by atoms with Gasteiger partial charge in [0.15, 0.2) is 0 Å². The van der Waals surface area contributed by atoms with Crippen LogP contribution >= 0.6 is 11.6 Å². The number of hydrogen-bond acceptors (Lipinski definition) is 3. The van der Waals surface area contributed by atoms with Crippen molar-refractivity contribution in [1.82, 2.24) is 5.43 Å². The van der Waals surface area contributed by atoms with Crippen LogP contribution in [-0.4, -0.2) is 19.3 Å². The zero-order valence-electron chi connectivity index (χ0n) is 10.8. The number of nitrogens with one attached hydrogen (secondary N) is 1. The van der Waals surface area contributed by atoms with Gasteiger partial charge in [0.2, 0.25) is 0 Å². The van der Waals surface area contributed by atoms with Gasteiger partial charge in [0, 0.05) is 17.7 Å². The maximum absolute atomic E-state index is 6.27. The van der Waals surface area contributed by atoms with Gasteiger partial charge in [-0.05, 0) is 49.3 Å². The monoisotopic (exact) mass is 268 g/mol. The Morgan fingerprint density at radius 1 is 1.56 bits per heavy atom. The number of rotatable bonds is 4. The summed E-state index contributed by atoms with van der Waals surface area (Å²) in [6, 6.07) is 6.41. The van der Waals surface area contributed by atoms with Crippen molar-refractivity contribution in [1.29, 1.82) is 0 Å². The number of halogens is 1. The normalized spacial score (nSPS) is 21.8. The van der Waals surface area contributed by atoms with Crippen molar-refractivity contribution in [3.8, 4) is 0 Å². The molecule has 1 aromatic rings. The molecule has 1 aromatic carbocycles. The van der Waals surface area contributed by atoms with Gasteiger partial charge in [0.05, 0.1) is 6.61 Å². The fraction of sp³-hybridized carbons (Fsp3) is 0.571. The highest BCUT2D eigenvalue weighted by Gasteiger charge is 2.24. The molecule has 0 radical (unpaired) electrons. The lowest BCUT2D eigenvalue weighted by atomic mass is 9.89. The molecule has 0 bridgehead atoms. The first-order valence-electron chi connectivity index (χ1n) is 6.49. The van der Waals surface area contributed by atoms with E-state index < -0.39 is 0 Å². The van der Waals surface area contributed by atoms with Crippen molar-refractivity contribution in [2.45, 2.75) is 32.2 Å². The van der Waals surface area contributed by atoms with E-state index in [-0.39, 0.29) is 6.04 Å². The summed E-state index contributed by atoms with van der Waals surface area (Å²) in [7, 11) is 0. The van der Waals surface area contributed by atoms with Crippen LogP contribution in [0, 0.1) is 12.8 Å². The molecule has 0 spiro atoms. The van der Waals surface area contributed by atoms with Crippen LogP contribution in [0.5, 0.6) is 0 Å². The highest BCUT2D eigenvalue weighted by Crippen LogP contribution is 2.24. The predicted octanol–water partition coefficient (Wildman–Crippen LogP) is 2.45. The second kappa shape index (κ2) is 6.53. The second-order valence-electron chi connectivity index (χ2n) is 5.05. The Hall–Kier alpha value is -0.610. The zero-order chi connectivity index (χ0) is 13.0. The van der Waals surface area contributed by atoms with E-state index in [0.29, 0.717) is 5.92 Å². The summed E-state index contributed by atoms with van der Waals surface area (Å²) < 4.78 is 5.52. The van der Waals surface area contributed by atoms with Crippen molar-refractivity contribution < 1.29 is 4.74 Å². The average Bonchev–Trinajstić information content (AvgIpc) is 2.39. The van der Waals surface area contributed by atoms with Gasteiger partial charge < -0.3 is 4.74 Å². The molecule has 1 aliphatic heterocycles. The summed E-state index contributed by atoms with van der Waals surface area (Å²) in [6.45, 7) is 3.71. The number of hydrogen-bond donors (Lipinski definition) is 2. The van der Waals surface area contributed by atoms with Gasteiger partial charge in [-0.2, -0.15) is 0 Å². The third-order valence-corrected chi connectivity index (χ3v) is 3.98. The minimum absolute atomic E-state index is 0.227. The molecule has 0 aliphatic carbocycles. The molecule has 0 amide bonds. The standard InChI is InChI=1S/C14H21ClN2O/c1-10-4-5-11(13(15)7-10)8-14(17-16)12-3-2-6-18-9-12/h4-5,7,12,14,17H,2-3,6,8-9,16H2,1H3. The van der Waals surface area contributed by atoms with Crippen LogP contribution in [0.25, 0.3) is 0 Å². The van der Waals surface area contributed by atoms with Crippen molar-refractivity contribution in [2.75, 3.05) is 13.2 Å². The van der Waals surface area contributed by atoms with Gasteiger partial charge in [0.25, 0.3) is 0 Å². The van der Waals surface area contributed by atoms with Crippen LogP contribution in [-0.2, 0) is 11.2 Å². The highest BCUT2D eigenvalue weighted by atomic mass is 35.5. The molecule has 3 N–H and O–H groups in total. The third kappa shape index (κ3) is 3.45. The molecule has 0 saturated carbocycles. The lowest BCUT2D eigenvalue weighted by Gasteiger charge is -2.30. The van der Waals surface area contributed by atoms with Crippen LogP contribution in [0.3, 0.4) is 0 Å². The summed E-state index contributed by atoms with van der Waals surface area (Å²) in [5.41, 5.74) is 5.25. The van der Waals surface area contributed by atoms with E-state index in [9.17, 15) is 0 Å². The van der Waals surface area contributed by atoms with Gasteiger partial charge in [-0.1, -0.05) is 23.7 Å². The van der Waals surface area contributed by atoms with Crippen molar-refractivity contribution in [3.05, 3.63) is 34.3 Å². The minimum atomic E-state index is 0.227. The minimum Gasteiger partial charge on any atom is -0.381 e. The fourth-order valence-corrected chi connectivity index (χ4v) is 2.81. The molecule has 2 atom stereocenters. The molecule has 3 nitrogen and oxygen atoms in total. The number of aryl methyl sites for hydroxylation is 1. The van der Waals surface area contributed by atoms with Crippen LogP contribution < -0.4 is 11.3 Å². The van der Waals surface area contributed by atoms with Crippen LogP contribution in [0.1, 0.15) is 24.0 Å². The molecule has 0 aromatic heterocycles. The Kier molecular flexibility index (Phi) is 5.01. The van der Waals surface area contributed by atoms with Crippen LogP contribution in [0.2, 0.25) is 5.02 Å². The number of benzene rings is 1. The molecular formula is C14H21ClN2O. The number of nitrogens with two attached hydrogens (primary N) is 1. The molecule has 1 fully saturated rings. The van der Waals surface area contributed by atoms with Crippen molar-refractivity contribution in [2.24, 2.45) is 11.8 Å². The van der Waals surface area contributed by atoms with Crippen molar-refractivity contribution >= 4 is 11.6 Å². The summed E-state index contributed by atoms with van der Waals surface area (Å²) in [6.07, 6.45) is 3.13. The van der Waals surface area contributed by atoms with E-state index in [4.69, 9.17) is 22.2 Å². The molecule has 18 heavy (non-hydrogen) atoms. The number of hydrazine groups is 1. The van der Waals surface area contributed by atoms with Gasteiger partial charge in [0.1, 0.15) is 0 Å². The van der Waals surface area contributed by atoms with Gasteiger partial charge in [-0.15, -0.1) is 0 Å². The quantitative estimate of drug-likeness (QED) is 0.651. The Morgan fingerprint density at radius 2 is 2.39 bits per heavy atom. The molecule has 1 saturated heterocycles. The largest absolute Gasteiger partial charge is 0.381 e. The Balaban J connectivity index is 2.04. The van der Waals surface area contributed by atoms with Crippen LogP contribution in [0.15, 0.2) is 18.2 Å². The summed E-state index contributed by atoms with van der Waals surface area (Å²) in [5.74, 6) is 6.16. The van der Waals surface area contributed by atoms with E-state index in [2.05, 4.69) is 17.6 Å². The van der Waals surface area contributed by atoms with E-state index in [0.717, 1.165) is 36.6 Å². The summed E-state index contributed by atoms with van der Waals surface area (Å²) >= 11 is 6.27. The molecule has 4 heteroatoms. The molecule has 1 heterocycles. The van der Waals surface area contributed by atoms with E-state index >= 15 is 0 Å².